The fourth-order valence-corrected chi connectivity index (χ4v) is 3.47. The largest absolute Gasteiger partial charge is 0.307 e. The second-order valence-corrected chi connectivity index (χ2v) is 6.45. The zero-order chi connectivity index (χ0) is 16.1. The molecule has 3 aromatic rings. The number of aromatic nitrogens is 1. The van der Waals surface area contributed by atoms with Gasteiger partial charge >= 0.3 is 0 Å². The molecule has 0 N–H and O–H groups in total. The molecule has 1 aliphatic carbocycles. The van der Waals surface area contributed by atoms with Crippen molar-refractivity contribution in [2.24, 2.45) is 5.92 Å². The molecule has 3 heteroatoms. The van der Waals surface area contributed by atoms with Crippen molar-refractivity contribution in [1.82, 2.24) is 4.57 Å². The lowest BCUT2D eigenvalue weighted by molar-refractivity contribution is 0.104. The van der Waals surface area contributed by atoms with E-state index in [0.717, 1.165) is 16.6 Å². The van der Waals surface area contributed by atoms with E-state index in [2.05, 4.69) is 13.8 Å². The van der Waals surface area contributed by atoms with E-state index < -0.39 is 0 Å². The van der Waals surface area contributed by atoms with E-state index >= 15 is 0 Å². The van der Waals surface area contributed by atoms with E-state index in [0.29, 0.717) is 29.0 Å². The maximum absolute atomic E-state index is 13.0. The molecule has 114 valence electrons. The van der Waals surface area contributed by atoms with Crippen LogP contribution in [0.3, 0.4) is 0 Å². The molecule has 4 rings (SSSR count). The summed E-state index contributed by atoms with van der Waals surface area (Å²) in [7, 11) is 0. The first-order valence-corrected chi connectivity index (χ1v) is 7.89. The Morgan fingerprint density at radius 1 is 0.870 bits per heavy atom. The van der Waals surface area contributed by atoms with E-state index in [4.69, 9.17) is 0 Å². The molecule has 0 radical (unpaired) electrons. The lowest BCUT2D eigenvalue weighted by Crippen LogP contribution is -2.25. The van der Waals surface area contributed by atoms with Crippen LogP contribution < -0.4 is 5.56 Å². The quantitative estimate of drug-likeness (QED) is 0.564. The fraction of sp³-hybridized carbons (Fsp3) is 0.200. The Hall–Kier alpha value is -2.68. The first-order chi connectivity index (χ1) is 11.1. The molecule has 0 saturated heterocycles. The number of pyridine rings is 1. The first kappa shape index (κ1) is 13.9. The SMILES string of the molecule is CC(C)Cn1c2c(c3ccccc3c1=O)C(=O)c1ccccc1-2. The van der Waals surface area contributed by atoms with Gasteiger partial charge < -0.3 is 4.57 Å². The lowest BCUT2D eigenvalue weighted by Gasteiger charge is -2.16. The Balaban J connectivity index is 2.21. The highest BCUT2D eigenvalue weighted by molar-refractivity contribution is 6.26. The number of rotatable bonds is 2. The minimum absolute atomic E-state index is 0.0162. The summed E-state index contributed by atoms with van der Waals surface area (Å²) in [6.45, 7) is 4.76. The third-order valence-corrected chi connectivity index (χ3v) is 4.38. The summed E-state index contributed by atoms with van der Waals surface area (Å²) < 4.78 is 1.78. The average molecular weight is 303 g/mol. The zero-order valence-electron chi connectivity index (χ0n) is 13.2. The minimum atomic E-state index is -0.0162. The first-order valence-electron chi connectivity index (χ1n) is 7.89. The third kappa shape index (κ3) is 1.89. The Labute approximate surface area is 134 Å². The van der Waals surface area contributed by atoms with E-state index in [9.17, 15) is 9.59 Å². The summed E-state index contributed by atoms with van der Waals surface area (Å²) in [6.07, 6.45) is 0. The highest BCUT2D eigenvalue weighted by atomic mass is 16.1. The molecule has 0 bridgehead atoms. The third-order valence-electron chi connectivity index (χ3n) is 4.38. The highest BCUT2D eigenvalue weighted by Gasteiger charge is 2.32. The molecule has 23 heavy (non-hydrogen) atoms. The molecular weight excluding hydrogens is 286 g/mol. The molecule has 1 aromatic heterocycles. The molecule has 0 saturated carbocycles. The van der Waals surface area contributed by atoms with Crippen LogP contribution in [0.15, 0.2) is 53.3 Å². The topological polar surface area (TPSA) is 39.1 Å². The molecule has 0 atom stereocenters. The number of benzene rings is 2. The summed E-state index contributed by atoms with van der Waals surface area (Å²) in [4.78, 5) is 25.9. The van der Waals surface area contributed by atoms with Gasteiger partial charge in [-0.3, -0.25) is 9.59 Å². The van der Waals surface area contributed by atoms with Crippen molar-refractivity contribution < 1.29 is 4.79 Å². The second-order valence-electron chi connectivity index (χ2n) is 6.45. The second kappa shape index (κ2) is 4.92. The molecule has 0 unspecified atom stereocenters. The molecule has 3 nitrogen and oxygen atoms in total. The Morgan fingerprint density at radius 2 is 1.48 bits per heavy atom. The van der Waals surface area contributed by atoms with Gasteiger partial charge in [-0.05, 0) is 12.0 Å². The summed E-state index contributed by atoms with van der Waals surface area (Å²) in [6, 6.07) is 15.0. The van der Waals surface area contributed by atoms with Gasteiger partial charge in [-0.25, -0.2) is 0 Å². The van der Waals surface area contributed by atoms with Gasteiger partial charge in [-0.15, -0.1) is 0 Å². The van der Waals surface area contributed by atoms with Crippen LogP contribution in [0.2, 0.25) is 0 Å². The van der Waals surface area contributed by atoms with Crippen LogP contribution in [0.5, 0.6) is 0 Å². The van der Waals surface area contributed by atoms with Crippen molar-refractivity contribution in [2.45, 2.75) is 20.4 Å². The molecule has 1 heterocycles. The predicted octanol–water partition coefficient (Wildman–Crippen LogP) is 3.87. The van der Waals surface area contributed by atoms with Crippen LogP contribution >= 0.6 is 0 Å². The summed E-state index contributed by atoms with van der Waals surface area (Å²) in [5.74, 6) is 0.338. The number of nitrogens with zero attached hydrogens (tertiary/aromatic N) is 1. The van der Waals surface area contributed by atoms with Crippen molar-refractivity contribution in [1.29, 1.82) is 0 Å². The fourth-order valence-electron chi connectivity index (χ4n) is 3.47. The predicted molar refractivity (Wildman–Crippen MR) is 91.9 cm³/mol. The number of carbonyl (C=O) groups is 1. The van der Waals surface area contributed by atoms with Gasteiger partial charge in [0.15, 0.2) is 5.78 Å². The van der Waals surface area contributed by atoms with E-state index in [1.54, 1.807) is 4.57 Å². The Kier molecular flexibility index (Phi) is 2.98. The molecule has 0 fully saturated rings. The Bertz CT molecular complexity index is 1010. The van der Waals surface area contributed by atoms with Crippen molar-refractivity contribution in [2.75, 3.05) is 0 Å². The average Bonchev–Trinajstić information content (AvgIpc) is 2.85. The summed E-state index contributed by atoms with van der Waals surface area (Å²) in [5, 5.41) is 1.38. The van der Waals surface area contributed by atoms with Crippen molar-refractivity contribution >= 4 is 16.6 Å². The smallest absolute Gasteiger partial charge is 0.258 e. The van der Waals surface area contributed by atoms with Crippen LogP contribution in [0, 0.1) is 5.92 Å². The van der Waals surface area contributed by atoms with Crippen LogP contribution in [-0.4, -0.2) is 10.4 Å². The van der Waals surface area contributed by atoms with Gasteiger partial charge in [-0.2, -0.15) is 0 Å². The molecule has 0 aliphatic heterocycles. The van der Waals surface area contributed by atoms with Crippen molar-refractivity contribution in [3.05, 3.63) is 70.0 Å². The van der Waals surface area contributed by atoms with Crippen molar-refractivity contribution in [3.8, 4) is 11.3 Å². The van der Waals surface area contributed by atoms with Crippen LogP contribution in [0.1, 0.15) is 29.8 Å². The van der Waals surface area contributed by atoms with Gasteiger partial charge in [0.2, 0.25) is 0 Å². The van der Waals surface area contributed by atoms with Crippen molar-refractivity contribution in [3.63, 3.8) is 0 Å². The van der Waals surface area contributed by atoms with Gasteiger partial charge in [0.25, 0.3) is 5.56 Å². The van der Waals surface area contributed by atoms with Gasteiger partial charge in [0, 0.05) is 28.4 Å². The van der Waals surface area contributed by atoms with E-state index in [1.165, 1.54) is 0 Å². The summed E-state index contributed by atoms with van der Waals surface area (Å²) in [5.41, 5.74) is 2.99. The van der Waals surface area contributed by atoms with Gasteiger partial charge in [-0.1, -0.05) is 56.3 Å². The minimum Gasteiger partial charge on any atom is -0.307 e. The maximum atomic E-state index is 13.0. The monoisotopic (exact) mass is 303 g/mol. The van der Waals surface area contributed by atoms with Gasteiger partial charge in [0.1, 0.15) is 0 Å². The number of hydrogen-bond donors (Lipinski definition) is 0. The zero-order valence-corrected chi connectivity index (χ0v) is 13.2. The lowest BCUT2D eigenvalue weighted by atomic mass is 10.0. The number of carbonyl (C=O) groups excluding carboxylic acids is 1. The molecule has 0 spiro atoms. The number of ketones is 1. The highest BCUT2D eigenvalue weighted by Crippen LogP contribution is 2.39. The van der Waals surface area contributed by atoms with Crippen LogP contribution in [-0.2, 0) is 6.54 Å². The maximum Gasteiger partial charge on any atom is 0.258 e. The van der Waals surface area contributed by atoms with E-state index in [1.807, 2.05) is 48.5 Å². The molecule has 0 amide bonds. The normalized spacial score (nSPS) is 12.7. The van der Waals surface area contributed by atoms with E-state index in [-0.39, 0.29) is 11.3 Å². The Morgan fingerprint density at radius 3 is 2.17 bits per heavy atom. The van der Waals surface area contributed by atoms with Crippen LogP contribution in [0.25, 0.3) is 22.0 Å². The molecule has 1 aliphatic rings. The number of hydrogen-bond acceptors (Lipinski definition) is 2. The summed E-state index contributed by atoms with van der Waals surface area (Å²) >= 11 is 0. The van der Waals surface area contributed by atoms with Crippen LogP contribution in [0.4, 0.5) is 0 Å². The standard InChI is InChI=1S/C20H17NO2/c1-12(2)11-21-18-14-8-4-5-9-15(14)19(22)17(18)13-7-3-6-10-16(13)20(21)23/h3-10,12H,11H2,1-2H3. The molecule has 2 aromatic carbocycles. The van der Waals surface area contributed by atoms with Gasteiger partial charge in [0.05, 0.1) is 11.3 Å². The molecular formula is C20H17NO2. The number of fused-ring (bicyclic) bond motifs is 5.